The second-order valence-electron chi connectivity index (χ2n) is 4.16. The normalized spacial score (nSPS) is 10.6. The van der Waals surface area contributed by atoms with Gasteiger partial charge in [-0.25, -0.2) is 4.79 Å². The van der Waals surface area contributed by atoms with Crippen molar-refractivity contribution < 1.29 is 14.8 Å². The SMILES string of the molecule is O=C(O)c1nnc(Sc2ccc([N+](=O)[O-])cc2)n1CCCBr. The number of carbonyl (C=O) groups is 1. The summed E-state index contributed by atoms with van der Waals surface area (Å²) in [6.45, 7) is 0.467. The van der Waals surface area contributed by atoms with E-state index in [1.165, 1.54) is 28.5 Å². The number of aromatic nitrogens is 3. The Morgan fingerprint density at radius 2 is 2.05 bits per heavy atom. The van der Waals surface area contributed by atoms with E-state index in [0.717, 1.165) is 16.6 Å². The van der Waals surface area contributed by atoms with E-state index in [-0.39, 0.29) is 11.5 Å². The van der Waals surface area contributed by atoms with Crippen LogP contribution in [0.5, 0.6) is 0 Å². The van der Waals surface area contributed by atoms with Crippen molar-refractivity contribution in [3.05, 3.63) is 40.2 Å². The highest BCUT2D eigenvalue weighted by Gasteiger charge is 2.18. The maximum atomic E-state index is 11.2. The van der Waals surface area contributed by atoms with Crippen LogP contribution >= 0.6 is 27.7 Å². The fourth-order valence-electron chi connectivity index (χ4n) is 1.68. The van der Waals surface area contributed by atoms with Gasteiger partial charge in [0, 0.05) is 28.9 Å². The lowest BCUT2D eigenvalue weighted by Crippen LogP contribution is -2.11. The maximum Gasteiger partial charge on any atom is 0.374 e. The van der Waals surface area contributed by atoms with Crippen LogP contribution in [0.2, 0.25) is 0 Å². The van der Waals surface area contributed by atoms with Gasteiger partial charge in [0.05, 0.1) is 4.92 Å². The number of hydrogen-bond acceptors (Lipinski definition) is 6. The average Bonchev–Trinajstić information content (AvgIpc) is 2.88. The summed E-state index contributed by atoms with van der Waals surface area (Å²) in [5.41, 5.74) is -0.00340. The standard InChI is InChI=1S/C12H11BrN4O4S/c13-6-1-7-16-10(11(18)19)14-15-12(16)22-9-4-2-8(3-5-9)17(20)21/h2-5H,1,6-7H2,(H,18,19). The van der Waals surface area contributed by atoms with Crippen molar-refractivity contribution in [3.8, 4) is 0 Å². The predicted molar refractivity (Wildman–Crippen MR) is 82.6 cm³/mol. The number of aromatic carboxylic acids is 1. The first-order valence-corrected chi connectivity index (χ1v) is 8.11. The van der Waals surface area contributed by atoms with Gasteiger partial charge >= 0.3 is 5.97 Å². The van der Waals surface area contributed by atoms with Gasteiger partial charge in [0.25, 0.3) is 5.69 Å². The molecule has 116 valence electrons. The molecule has 2 aromatic rings. The molecule has 0 atom stereocenters. The van der Waals surface area contributed by atoms with E-state index < -0.39 is 10.9 Å². The zero-order valence-electron chi connectivity index (χ0n) is 11.2. The first-order valence-electron chi connectivity index (χ1n) is 6.17. The molecule has 0 saturated heterocycles. The number of carboxylic acids is 1. The Labute approximate surface area is 137 Å². The molecular formula is C12H11BrN4O4S. The van der Waals surface area contributed by atoms with Crippen LogP contribution in [0.25, 0.3) is 0 Å². The van der Waals surface area contributed by atoms with E-state index in [4.69, 9.17) is 5.11 Å². The van der Waals surface area contributed by atoms with Crippen molar-refractivity contribution in [1.29, 1.82) is 0 Å². The number of alkyl halides is 1. The average molecular weight is 387 g/mol. The summed E-state index contributed by atoms with van der Waals surface area (Å²) in [4.78, 5) is 22.0. The molecule has 0 aliphatic carbocycles. The van der Waals surface area contributed by atoms with Gasteiger partial charge in [0.15, 0.2) is 5.16 Å². The summed E-state index contributed by atoms with van der Waals surface area (Å²) in [5, 5.41) is 28.5. The largest absolute Gasteiger partial charge is 0.475 e. The Morgan fingerprint density at radius 1 is 1.36 bits per heavy atom. The first-order chi connectivity index (χ1) is 10.5. The molecular weight excluding hydrogens is 376 g/mol. The Bertz CT molecular complexity index is 689. The predicted octanol–water partition coefficient (Wildman–Crippen LogP) is 2.82. The van der Waals surface area contributed by atoms with Crippen LogP contribution in [0.4, 0.5) is 5.69 Å². The fourth-order valence-corrected chi connectivity index (χ4v) is 2.79. The molecule has 0 aliphatic heterocycles. The Kier molecular flexibility index (Phi) is 5.50. The number of nitro benzene ring substituents is 1. The number of rotatable bonds is 7. The van der Waals surface area contributed by atoms with Crippen molar-refractivity contribution >= 4 is 39.3 Å². The van der Waals surface area contributed by atoms with E-state index in [2.05, 4.69) is 26.1 Å². The van der Waals surface area contributed by atoms with Gasteiger partial charge in [0.2, 0.25) is 5.82 Å². The van der Waals surface area contributed by atoms with E-state index in [9.17, 15) is 14.9 Å². The molecule has 1 N–H and O–H groups in total. The number of nitro groups is 1. The van der Waals surface area contributed by atoms with Crippen LogP contribution in [-0.2, 0) is 6.54 Å². The lowest BCUT2D eigenvalue weighted by molar-refractivity contribution is -0.384. The van der Waals surface area contributed by atoms with E-state index in [1.807, 2.05) is 0 Å². The minimum Gasteiger partial charge on any atom is -0.475 e. The fraction of sp³-hybridized carbons (Fsp3) is 0.250. The number of non-ortho nitro benzene ring substituents is 1. The van der Waals surface area contributed by atoms with Crippen molar-refractivity contribution in [2.75, 3.05) is 5.33 Å². The summed E-state index contributed by atoms with van der Waals surface area (Å²) in [6, 6.07) is 5.96. The van der Waals surface area contributed by atoms with E-state index in [0.29, 0.717) is 11.7 Å². The summed E-state index contributed by atoms with van der Waals surface area (Å²) < 4.78 is 1.52. The maximum absolute atomic E-state index is 11.2. The van der Waals surface area contributed by atoms with E-state index in [1.54, 1.807) is 12.1 Å². The van der Waals surface area contributed by atoms with Crippen LogP contribution in [0.3, 0.4) is 0 Å². The van der Waals surface area contributed by atoms with Crippen molar-refractivity contribution in [3.63, 3.8) is 0 Å². The van der Waals surface area contributed by atoms with Crippen LogP contribution in [-0.4, -0.2) is 36.1 Å². The van der Waals surface area contributed by atoms with Gasteiger partial charge in [-0.15, -0.1) is 10.2 Å². The number of hydrogen-bond donors (Lipinski definition) is 1. The molecule has 0 unspecified atom stereocenters. The molecule has 8 nitrogen and oxygen atoms in total. The van der Waals surface area contributed by atoms with Gasteiger partial charge < -0.3 is 5.11 Å². The lowest BCUT2D eigenvalue weighted by atomic mass is 10.3. The Hall–Kier alpha value is -1.94. The molecule has 0 spiro atoms. The van der Waals surface area contributed by atoms with Gasteiger partial charge in [-0.3, -0.25) is 14.7 Å². The second-order valence-corrected chi connectivity index (χ2v) is 5.99. The monoisotopic (exact) mass is 386 g/mol. The zero-order chi connectivity index (χ0) is 16.1. The lowest BCUT2D eigenvalue weighted by Gasteiger charge is -2.06. The number of carboxylic acid groups (broad SMARTS) is 1. The molecule has 0 amide bonds. The molecule has 1 aromatic heterocycles. The highest BCUT2D eigenvalue weighted by atomic mass is 79.9. The molecule has 0 fully saturated rings. The summed E-state index contributed by atoms with van der Waals surface area (Å²) in [7, 11) is 0. The Balaban J connectivity index is 2.24. The van der Waals surface area contributed by atoms with Gasteiger partial charge in [-0.1, -0.05) is 15.9 Å². The third-order valence-electron chi connectivity index (χ3n) is 2.68. The quantitative estimate of drug-likeness (QED) is 0.442. The first kappa shape index (κ1) is 16.4. The molecule has 0 radical (unpaired) electrons. The highest BCUT2D eigenvalue weighted by Crippen LogP contribution is 2.28. The molecule has 2 rings (SSSR count). The minimum atomic E-state index is -1.14. The van der Waals surface area contributed by atoms with E-state index >= 15 is 0 Å². The second kappa shape index (κ2) is 7.36. The minimum absolute atomic E-state index is 0.00340. The molecule has 10 heteroatoms. The smallest absolute Gasteiger partial charge is 0.374 e. The molecule has 0 bridgehead atoms. The Morgan fingerprint density at radius 3 is 2.59 bits per heavy atom. The number of halogens is 1. The molecule has 0 saturated carbocycles. The van der Waals surface area contributed by atoms with Crippen molar-refractivity contribution in [2.24, 2.45) is 0 Å². The molecule has 0 aliphatic rings. The highest BCUT2D eigenvalue weighted by molar-refractivity contribution is 9.09. The summed E-state index contributed by atoms with van der Waals surface area (Å²) >= 11 is 4.51. The molecule has 22 heavy (non-hydrogen) atoms. The van der Waals surface area contributed by atoms with Crippen LogP contribution in [0.1, 0.15) is 17.0 Å². The topological polar surface area (TPSA) is 111 Å². The van der Waals surface area contributed by atoms with Crippen LogP contribution in [0, 0.1) is 10.1 Å². The van der Waals surface area contributed by atoms with Gasteiger partial charge in [0.1, 0.15) is 0 Å². The van der Waals surface area contributed by atoms with Crippen molar-refractivity contribution in [2.45, 2.75) is 23.0 Å². The van der Waals surface area contributed by atoms with Crippen LogP contribution in [0.15, 0.2) is 34.3 Å². The molecule has 1 heterocycles. The van der Waals surface area contributed by atoms with Crippen LogP contribution < -0.4 is 0 Å². The molecule has 1 aromatic carbocycles. The summed E-state index contributed by atoms with van der Waals surface area (Å²) in [5.74, 6) is -1.26. The number of benzene rings is 1. The third kappa shape index (κ3) is 3.83. The van der Waals surface area contributed by atoms with Gasteiger partial charge in [-0.2, -0.15) is 0 Å². The van der Waals surface area contributed by atoms with Gasteiger partial charge in [-0.05, 0) is 30.3 Å². The summed E-state index contributed by atoms with van der Waals surface area (Å²) in [6.07, 6.45) is 0.728. The van der Waals surface area contributed by atoms with Crippen molar-refractivity contribution in [1.82, 2.24) is 14.8 Å². The number of nitrogens with zero attached hydrogens (tertiary/aromatic N) is 4. The zero-order valence-corrected chi connectivity index (χ0v) is 13.6. The third-order valence-corrected chi connectivity index (χ3v) is 4.23.